The van der Waals surface area contributed by atoms with Crippen molar-refractivity contribution in [2.75, 3.05) is 27.3 Å². The van der Waals surface area contributed by atoms with E-state index in [1.165, 1.54) is 4.31 Å². The van der Waals surface area contributed by atoms with Crippen LogP contribution in [-0.2, 0) is 27.7 Å². The van der Waals surface area contributed by atoms with Crippen LogP contribution in [0.1, 0.15) is 30.9 Å². The molecule has 3 rings (SSSR count). The molecule has 8 heteroatoms. The number of nitrogens with zero attached hydrogens (tertiary/aromatic N) is 1. The summed E-state index contributed by atoms with van der Waals surface area (Å²) in [6, 6.07) is 12.4. The lowest BCUT2D eigenvalue weighted by Gasteiger charge is -2.31. The fraction of sp³-hybridized carbons (Fsp3) is 0.435. The quantitative estimate of drug-likeness (QED) is 0.674. The zero-order valence-corrected chi connectivity index (χ0v) is 19.1. The highest BCUT2D eigenvalue weighted by molar-refractivity contribution is 7.89. The molecule has 1 aliphatic rings. The standard InChI is InChI=1S/C23H30N2O5S/c1-4-17-5-8-20(9-6-17)31(27,28)25-13-11-19(12-14-25)24-23(26)16-18-7-10-21(29-2)22(15-18)30-3/h5-10,15,19H,4,11-14,16H2,1-3H3,(H,24,26). The Morgan fingerprint density at radius 3 is 2.19 bits per heavy atom. The lowest BCUT2D eigenvalue weighted by molar-refractivity contribution is -0.121. The molecule has 1 saturated heterocycles. The summed E-state index contributed by atoms with van der Waals surface area (Å²) in [5.41, 5.74) is 1.93. The van der Waals surface area contributed by atoms with E-state index in [1.54, 1.807) is 38.5 Å². The van der Waals surface area contributed by atoms with Crippen LogP contribution in [0.5, 0.6) is 11.5 Å². The topological polar surface area (TPSA) is 84.9 Å². The summed E-state index contributed by atoms with van der Waals surface area (Å²) < 4.78 is 37.8. The van der Waals surface area contributed by atoms with Gasteiger partial charge >= 0.3 is 0 Å². The van der Waals surface area contributed by atoms with Crippen molar-refractivity contribution in [2.24, 2.45) is 0 Å². The molecular formula is C23H30N2O5S. The van der Waals surface area contributed by atoms with Crippen molar-refractivity contribution >= 4 is 15.9 Å². The van der Waals surface area contributed by atoms with Gasteiger partial charge in [-0.05, 0) is 54.7 Å². The molecule has 1 fully saturated rings. The van der Waals surface area contributed by atoms with Gasteiger partial charge in [-0.3, -0.25) is 4.79 Å². The number of amides is 1. The van der Waals surface area contributed by atoms with Gasteiger partial charge in [0.2, 0.25) is 15.9 Å². The third kappa shape index (κ3) is 5.57. The van der Waals surface area contributed by atoms with Crippen LogP contribution in [-0.4, -0.2) is 52.0 Å². The number of carbonyl (C=O) groups is 1. The van der Waals surface area contributed by atoms with Gasteiger partial charge in [-0.1, -0.05) is 25.1 Å². The van der Waals surface area contributed by atoms with E-state index in [0.717, 1.165) is 17.5 Å². The Hall–Kier alpha value is -2.58. The number of hydrogen-bond donors (Lipinski definition) is 1. The highest BCUT2D eigenvalue weighted by Gasteiger charge is 2.29. The van der Waals surface area contributed by atoms with Gasteiger partial charge in [0.1, 0.15) is 0 Å². The molecule has 0 spiro atoms. The summed E-state index contributed by atoms with van der Waals surface area (Å²) in [5, 5.41) is 3.03. The van der Waals surface area contributed by atoms with Gasteiger partial charge in [-0.2, -0.15) is 4.31 Å². The molecule has 1 aliphatic heterocycles. The maximum absolute atomic E-state index is 12.9. The molecule has 31 heavy (non-hydrogen) atoms. The number of ether oxygens (including phenoxy) is 2. The van der Waals surface area contributed by atoms with Gasteiger partial charge < -0.3 is 14.8 Å². The predicted molar refractivity (Wildman–Crippen MR) is 119 cm³/mol. The number of methoxy groups -OCH3 is 2. The van der Waals surface area contributed by atoms with Crippen molar-refractivity contribution < 1.29 is 22.7 Å². The van der Waals surface area contributed by atoms with Crippen molar-refractivity contribution in [3.63, 3.8) is 0 Å². The lowest BCUT2D eigenvalue weighted by atomic mass is 10.1. The first-order chi connectivity index (χ1) is 14.9. The molecule has 0 aliphatic carbocycles. The summed E-state index contributed by atoms with van der Waals surface area (Å²) in [6.07, 6.45) is 2.27. The molecule has 168 valence electrons. The van der Waals surface area contributed by atoms with Crippen molar-refractivity contribution in [2.45, 2.75) is 43.5 Å². The minimum Gasteiger partial charge on any atom is -0.493 e. The summed E-state index contributed by atoms with van der Waals surface area (Å²) in [5.74, 6) is 1.10. The van der Waals surface area contributed by atoms with Crippen LogP contribution in [0.4, 0.5) is 0 Å². The van der Waals surface area contributed by atoms with E-state index < -0.39 is 10.0 Å². The molecular weight excluding hydrogens is 416 g/mol. The molecule has 1 heterocycles. The fourth-order valence-electron chi connectivity index (χ4n) is 3.74. The highest BCUT2D eigenvalue weighted by atomic mass is 32.2. The van der Waals surface area contributed by atoms with Gasteiger partial charge in [0.25, 0.3) is 0 Å². The van der Waals surface area contributed by atoms with Crippen LogP contribution in [0.3, 0.4) is 0 Å². The van der Waals surface area contributed by atoms with E-state index in [0.29, 0.717) is 42.3 Å². The number of hydrogen-bond acceptors (Lipinski definition) is 5. The molecule has 0 bridgehead atoms. The van der Waals surface area contributed by atoms with Crippen LogP contribution in [0.25, 0.3) is 0 Å². The Labute approximate surface area is 184 Å². The van der Waals surface area contributed by atoms with Gasteiger partial charge in [-0.25, -0.2) is 8.42 Å². The summed E-state index contributed by atoms with van der Waals surface area (Å²) in [6.45, 7) is 2.81. The number of nitrogens with one attached hydrogen (secondary N) is 1. The van der Waals surface area contributed by atoms with Crippen molar-refractivity contribution in [3.05, 3.63) is 53.6 Å². The average Bonchev–Trinajstić information content (AvgIpc) is 2.79. The van der Waals surface area contributed by atoms with Crippen molar-refractivity contribution in [1.82, 2.24) is 9.62 Å². The van der Waals surface area contributed by atoms with Gasteiger partial charge in [0.05, 0.1) is 25.5 Å². The second-order valence-corrected chi connectivity index (χ2v) is 9.55. The molecule has 0 atom stereocenters. The number of piperidine rings is 1. The number of carbonyl (C=O) groups excluding carboxylic acids is 1. The van der Waals surface area contributed by atoms with Crippen LogP contribution in [0.15, 0.2) is 47.4 Å². The van der Waals surface area contributed by atoms with E-state index in [1.807, 2.05) is 25.1 Å². The first kappa shape index (κ1) is 23.1. The van der Waals surface area contributed by atoms with Crippen LogP contribution in [0.2, 0.25) is 0 Å². The molecule has 0 aromatic heterocycles. The summed E-state index contributed by atoms with van der Waals surface area (Å²) >= 11 is 0. The molecule has 1 amide bonds. The first-order valence-electron chi connectivity index (χ1n) is 10.5. The molecule has 2 aromatic carbocycles. The largest absolute Gasteiger partial charge is 0.493 e. The van der Waals surface area contributed by atoms with E-state index in [-0.39, 0.29) is 18.4 Å². The van der Waals surface area contributed by atoms with Gasteiger partial charge in [0.15, 0.2) is 11.5 Å². The van der Waals surface area contributed by atoms with Crippen LogP contribution in [0, 0.1) is 0 Å². The summed E-state index contributed by atoms with van der Waals surface area (Å²) in [4.78, 5) is 12.8. The SMILES string of the molecule is CCc1ccc(S(=O)(=O)N2CCC(NC(=O)Cc3ccc(OC)c(OC)c3)CC2)cc1. The van der Waals surface area contributed by atoms with Gasteiger partial charge in [0, 0.05) is 19.1 Å². The Kier molecular flexibility index (Phi) is 7.56. The summed E-state index contributed by atoms with van der Waals surface area (Å²) in [7, 11) is -0.383. The zero-order valence-electron chi connectivity index (χ0n) is 18.3. The zero-order chi connectivity index (χ0) is 22.4. The molecule has 7 nitrogen and oxygen atoms in total. The van der Waals surface area contributed by atoms with Gasteiger partial charge in [-0.15, -0.1) is 0 Å². The second kappa shape index (κ2) is 10.2. The maximum atomic E-state index is 12.9. The average molecular weight is 447 g/mol. The Morgan fingerprint density at radius 2 is 1.61 bits per heavy atom. The second-order valence-electron chi connectivity index (χ2n) is 7.61. The van der Waals surface area contributed by atoms with Crippen molar-refractivity contribution in [1.29, 1.82) is 0 Å². The number of aryl methyl sites for hydroxylation is 1. The van der Waals surface area contributed by atoms with Crippen LogP contribution < -0.4 is 14.8 Å². The molecule has 0 unspecified atom stereocenters. The lowest BCUT2D eigenvalue weighted by Crippen LogP contribution is -2.46. The Balaban J connectivity index is 1.54. The van der Waals surface area contributed by atoms with Crippen LogP contribution >= 0.6 is 0 Å². The Morgan fingerprint density at radius 1 is 1.00 bits per heavy atom. The van der Waals surface area contributed by atoms with E-state index in [9.17, 15) is 13.2 Å². The predicted octanol–water partition coefficient (Wildman–Crippen LogP) is 2.78. The normalized spacial score (nSPS) is 15.5. The third-order valence-corrected chi connectivity index (χ3v) is 7.51. The number of benzene rings is 2. The maximum Gasteiger partial charge on any atom is 0.243 e. The molecule has 0 saturated carbocycles. The van der Waals surface area contributed by atoms with E-state index >= 15 is 0 Å². The van der Waals surface area contributed by atoms with E-state index in [4.69, 9.17) is 9.47 Å². The monoisotopic (exact) mass is 446 g/mol. The molecule has 1 N–H and O–H groups in total. The third-order valence-electron chi connectivity index (χ3n) is 5.60. The fourth-order valence-corrected chi connectivity index (χ4v) is 5.21. The minimum atomic E-state index is -3.51. The molecule has 2 aromatic rings. The first-order valence-corrected chi connectivity index (χ1v) is 11.9. The Bertz CT molecular complexity index is 997. The minimum absolute atomic E-state index is 0.0402. The smallest absolute Gasteiger partial charge is 0.243 e. The van der Waals surface area contributed by atoms with E-state index in [2.05, 4.69) is 5.32 Å². The molecule has 0 radical (unpaired) electrons. The number of rotatable bonds is 8. The highest BCUT2D eigenvalue weighted by Crippen LogP contribution is 2.28. The number of sulfonamides is 1. The van der Waals surface area contributed by atoms with Crippen molar-refractivity contribution in [3.8, 4) is 11.5 Å².